The van der Waals surface area contributed by atoms with Crippen LogP contribution in [0.2, 0.25) is 0 Å². The molecule has 0 aliphatic heterocycles. The molecule has 0 aliphatic carbocycles. The van der Waals surface area contributed by atoms with E-state index in [-0.39, 0.29) is 4.84 Å². The SMILES string of the molecule is O=C(O)C(C[P+](c1ccccc1)(c1ccccc1)c1ccccc1)n1c(=S)oc2ccccc21. The van der Waals surface area contributed by atoms with Crippen molar-refractivity contribution in [2.75, 3.05) is 6.16 Å². The number of oxazole rings is 1. The topological polar surface area (TPSA) is 55.4 Å². The molecule has 1 aromatic heterocycles. The van der Waals surface area contributed by atoms with Crippen LogP contribution in [0.4, 0.5) is 0 Å². The van der Waals surface area contributed by atoms with Gasteiger partial charge in [0.15, 0.2) is 11.6 Å². The lowest BCUT2D eigenvalue weighted by molar-refractivity contribution is -0.140. The molecule has 1 N–H and O–H groups in total. The molecule has 0 spiro atoms. The number of carbonyl (C=O) groups is 1. The quantitative estimate of drug-likeness (QED) is 0.242. The van der Waals surface area contributed by atoms with E-state index in [1.54, 1.807) is 4.57 Å². The lowest BCUT2D eigenvalue weighted by atomic mass is 10.3. The van der Waals surface area contributed by atoms with Crippen molar-refractivity contribution in [3.05, 3.63) is 120 Å². The number of benzene rings is 4. The van der Waals surface area contributed by atoms with Gasteiger partial charge >= 0.3 is 5.97 Å². The van der Waals surface area contributed by atoms with E-state index in [1.807, 2.05) is 78.9 Å². The van der Waals surface area contributed by atoms with Crippen molar-refractivity contribution in [3.63, 3.8) is 0 Å². The summed E-state index contributed by atoms with van der Waals surface area (Å²) in [6.07, 6.45) is 0.359. The molecule has 0 radical (unpaired) electrons. The molecule has 168 valence electrons. The number of aliphatic carboxylic acids is 1. The van der Waals surface area contributed by atoms with Crippen molar-refractivity contribution >= 4 is 52.5 Å². The zero-order valence-corrected chi connectivity index (χ0v) is 20.0. The van der Waals surface area contributed by atoms with Crippen molar-refractivity contribution < 1.29 is 14.3 Å². The van der Waals surface area contributed by atoms with Gasteiger partial charge in [-0.15, -0.1) is 0 Å². The number of carboxylic acid groups (broad SMARTS) is 1. The minimum absolute atomic E-state index is 0.167. The summed E-state index contributed by atoms with van der Waals surface area (Å²) in [4.78, 5) is 13.0. The predicted octanol–water partition coefficient (Wildman–Crippen LogP) is 5.58. The molecular formula is C28H23NO3PS+. The van der Waals surface area contributed by atoms with Gasteiger partial charge in [-0.05, 0) is 60.7 Å². The highest BCUT2D eigenvalue weighted by Crippen LogP contribution is 2.57. The third-order valence-electron chi connectivity index (χ3n) is 6.15. The molecule has 0 aliphatic rings. The van der Waals surface area contributed by atoms with Crippen LogP contribution in [-0.2, 0) is 4.79 Å². The van der Waals surface area contributed by atoms with Crippen LogP contribution >= 0.6 is 19.5 Å². The maximum atomic E-state index is 12.9. The second-order valence-corrected chi connectivity index (χ2v) is 11.9. The minimum atomic E-state index is -2.39. The summed E-state index contributed by atoms with van der Waals surface area (Å²) in [6, 6.07) is 37.2. The van der Waals surface area contributed by atoms with Gasteiger partial charge in [-0.2, -0.15) is 0 Å². The normalized spacial score (nSPS) is 12.5. The van der Waals surface area contributed by atoms with E-state index in [0.717, 1.165) is 15.9 Å². The summed E-state index contributed by atoms with van der Waals surface area (Å²) < 4.78 is 7.45. The molecule has 0 saturated carbocycles. The summed E-state index contributed by atoms with van der Waals surface area (Å²) in [5, 5.41) is 13.9. The third kappa shape index (κ3) is 3.87. The Balaban J connectivity index is 1.81. The monoisotopic (exact) mass is 484 g/mol. The Morgan fingerprint density at radius 2 is 1.21 bits per heavy atom. The van der Waals surface area contributed by atoms with Crippen LogP contribution in [0.1, 0.15) is 6.04 Å². The van der Waals surface area contributed by atoms with Crippen LogP contribution in [0.25, 0.3) is 11.1 Å². The summed E-state index contributed by atoms with van der Waals surface area (Å²) in [5.41, 5.74) is 1.27. The molecule has 1 heterocycles. The van der Waals surface area contributed by atoms with Gasteiger partial charge in [-0.25, -0.2) is 4.79 Å². The standard InChI is InChI=1S/C28H22NO3PS/c30-27(31)25(29-24-18-10-11-19-26(24)32-28(29)34)20-33(21-12-4-1-5-13-21,22-14-6-2-7-15-22)23-16-8-3-9-17-23/h1-19,25H,20H2/p+1. The molecule has 0 fully saturated rings. The van der Waals surface area contributed by atoms with E-state index in [9.17, 15) is 9.90 Å². The summed E-state index contributed by atoms with van der Waals surface area (Å²) in [5.74, 6) is -0.935. The maximum Gasteiger partial charge on any atom is 0.330 e. The highest BCUT2D eigenvalue weighted by molar-refractivity contribution is 7.95. The predicted molar refractivity (Wildman–Crippen MR) is 142 cm³/mol. The van der Waals surface area contributed by atoms with Crippen LogP contribution in [0.3, 0.4) is 0 Å². The lowest BCUT2D eigenvalue weighted by Gasteiger charge is -2.30. The molecule has 5 aromatic rings. The average molecular weight is 485 g/mol. The first-order valence-corrected chi connectivity index (χ1v) is 13.4. The number of para-hydroxylation sites is 2. The fraction of sp³-hybridized carbons (Fsp3) is 0.0714. The Morgan fingerprint density at radius 1 is 0.765 bits per heavy atom. The second kappa shape index (κ2) is 9.38. The van der Waals surface area contributed by atoms with Gasteiger partial charge in [-0.1, -0.05) is 66.7 Å². The highest BCUT2D eigenvalue weighted by atomic mass is 32.1. The zero-order chi connectivity index (χ0) is 23.5. The van der Waals surface area contributed by atoms with E-state index >= 15 is 0 Å². The first-order valence-electron chi connectivity index (χ1n) is 11.0. The van der Waals surface area contributed by atoms with Crippen LogP contribution in [0.15, 0.2) is 120 Å². The van der Waals surface area contributed by atoms with Crippen molar-refractivity contribution in [3.8, 4) is 0 Å². The molecule has 4 aromatic carbocycles. The zero-order valence-electron chi connectivity index (χ0n) is 18.3. The number of rotatable bonds is 7. The third-order valence-corrected chi connectivity index (χ3v) is 10.9. The average Bonchev–Trinajstić information content (AvgIpc) is 3.22. The number of fused-ring (bicyclic) bond motifs is 1. The number of nitrogens with zero attached hydrogens (tertiary/aromatic N) is 1. The minimum Gasteiger partial charge on any atom is -0.480 e. The Kier molecular flexibility index (Phi) is 6.14. The molecule has 34 heavy (non-hydrogen) atoms. The van der Waals surface area contributed by atoms with Gasteiger partial charge in [0.2, 0.25) is 0 Å². The summed E-state index contributed by atoms with van der Waals surface area (Å²) in [6.45, 7) is 0. The largest absolute Gasteiger partial charge is 0.480 e. The molecule has 1 unspecified atom stereocenters. The second-order valence-electron chi connectivity index (χ2n) is 8.06. The van der Waals surface area contributed by atoms with Crippen LogP contribution in [0.5, 0.6) is 0 Å². The number of carboxylic acids is 1. The Morgan fingerprint density at radius 3 is 1.68 bits per heavy atom. The molecule has 4 nitrogen and oxygen atoms in total. The van der Waals surface area contributed by atoms with Crippen LogP contribution in [-0.4, -0.2) is 21.8 Å². The summed E-state index contributed by atoms with van der Waals surface area (Å²) >= 11 is 5.53. The van der Waals surface area contributed by atoms with E-state index in [4.69, 9.17) is 16.6 Å². The van der Waals surface area contributed by atoms with Gasteiger partial charge in [0.05, 0.1) is 5.52 Å². The fourth-order valence-corrected chi connectivity index (χ4v) is 9.34. The Bertz CT molecular complexity index is 1380. The maximum absolute atomic E-state index is 12.9. The molecular weight excluding hydrogens is 461 g/mol. The Hall–Kier alpha value is -3.53. The first-order chi connectivity index (χ1) is 16.6. The molecule has 1 atom stereocenters. The van der Waals surface area contributed by atoms with E-state index < -0.39 is 19.3 Å². The highest BCUT2D eigenvalue weighted by Gasteiger charge is 2.49. The van der Waals surface area contributed by atoms with Crippen molar-refractivity contribution in [2.45, 2.75) is 6.04 Å². The van der Waals surface area contributed by atoms with Gasteiger partial charge in [0.1, 0.15) is 29.3 Å². The molecule has 0 amide bonds. The van der Waals surface area contributed by atoms with E-state index in [0.29, 0.717) is 17.3 Å². The van der Waals surface area contributed by atoms with Gasteiger partial charge in [0, 0.05) is 0 Å². The van der Waals surface area contributed by atoms with Crippen LogP contribution in [0, 0.1) is 4.84 Å². The number of hydrogen-bond donors (Lipinski definition) is 1. The molecule has 0 bridgehead atoms. The van der Waals surface area contributed by atoms with Crippen molar-refractivity contribution in [2.24, 2.45) is 0 Å². The fourth-order valence-electron chi connectivity index (χ4n) is 4.62. The molecule has 6 heteroatoms. The van der Waals surface area contributed by atoms with Gasteiger partial charge in [0.25, 0.3) is 4.84 Å². The first kappa shape index (κ1) is 22.3. The van der Waals surface area contributed by atoms with E-state index in [1.165, 1.54) is 0 Å². The van der Waals surface area contributed by atoms with Gasteiger partial charge < -0.3 is 9.52 Å². The molecule has 5 rings (SSSR count). The van der Waals surface area contributed by atoms with E-state index in [2.05, 4.69) is 36.4 Å². The smallest absolute Gasteiger partial charge is 0.330 e. The number of hydrogen-bond acceptors (Lipinski definition) is 3. The van der Waals surface area contributed by atoms with Gasteiger partial charge in [-0.3, -0.25) is 4.57 Å². The summed E-state index contributed by atoms with van der Waals surface area (Å²) in [7, 11) is -2.39. The van der Waals surface area contributed by atoms with Crippen molar-refractivity contribution in [1.29, 1.82) is 0 Å². The van der Waals surface area contributed by atoms with Crippen molar-refractivity contribution in [1.82, 2.24) is 4.57 Å². The number of aromatic nitrogens is 1. The van der Waals surface area contributed by atoms with Crippen LogP contribution < -0.4 is 15.9 Å². The molecule has 0 saturated heterocycles. The lowest BCUT2D eigenvalue weighted by Crippen LogP contribution is -2.38. The Labute approximate surface area is 203 Å².